The van der Waals surface area contributed by atoms with Crippen LogP contribution in [0.25, 0.3) is 10.6 Å². The van der Waals surface area contributed by atoms with Crippen LogP contribution in [0.4, 0.5) is 11.8 Å². The molecule has 2 saturated heterocycles. The molecule has 0 aliphatic carbocycles. The number of amides is 1. The Balaban J connectivity index is 1.19. The lowest BCUT2D eigenvalue weighted by Gasteiger charge is -2.36. The number of nitrogens with one attached hydrogen (secondary N) is 1. The lowest BCUT2D eigenvalue weighted by Crippen LogP contribution is -2.48. The number of aromatic nitrogens is 4. The minimum Gasteiger partial charge on any atom is -0.372 e. The normalized spacial score (nSPS) is 23.5. The predicted octanol–water partition coefficient (Wildman–Crippen LogP) is 3.24. The summed E-state index contributed by atoms with van der Waals surface area (Å²) in [4.78, 5) is 29.0. The fourth-order valence-electron chi connectivity index (χ4n) is 5.32. The first-order chi connectivity index (χ1) is 16.4. The van der Waals surface area contributed by atoms with E-state index in [2.05, 4.69) is 39.1 Å². The van der Waals surface area contributed by atoms with Gasteiger partial charge in [0, 0.05) is 50.4 Å². The molecule has 3 aliphatic heterocycles. The maximum atomic E-state index is 13.4. The molecule has 3 aromatic rings. The summed E-state index contributed by atoms with van der Waals surface area (Å²) in [5, 5.41) is 7.36. The van der Waals surface area contributed by atoms with Gasteiger partial charge in [-0.1, -0.05) is 0 Å². The Bertz CT molecular complexity index is 1220. The summed E-state index contributed by atoms with van der Waals surface area (Å²) in [5.41, 5.74) is 1.26. The Kier molecular flexibility index (Phi) is 5.20. The number of morpholine rings is 1. The van der Waals surface area contributed by atoms with Crippen LogP contribution in [-0.4, -0.2) is 73.8 Å². The number of carbonyl (C=O) groups excluding carboxylic acids is 1. The molecule has 178 valence electrons. The van der Waals surface area contributed by atoms with Gasteiger partial charge in [0.15, 0.2) is 0 Å². The molecule has 34 heavy (non-hydrogen) atoms. The highest BCUT2D eigenvalue weighted by molar-refractivity contribution is 7.16. The molecule has 0 spiro atoms. The summed E-state index contributed by atoms with van der Waals surface area (Å²) >= 11 is 1.65. The van der Waals surface area contributed by atoms with Crippen LogP contribution in [0.1, 0.15) is 41.9 Å². The van der Waals surface area contributed by atoms with Crippen molar-refractivity contribution in [3.63, 3.8) is 0 Å². The maximum Gasteiger partial charge on any atom is 0.255 e. The van der Waals surface area contributed by atoms with Gasteiger partial charge in [-0.25, -0.2) is 9.97 Å². The molecule has 3 aliphatic rings. The smallest absolute Gasteiger partial charge is 0.255 e. The molecule has 6 heterocycles. The van der Waals surface area contributed by atoms with E-state index in [0.717, 1.165) is 65.9 Å². The Morgan fingerprint density at radius 2 is 1.97 bits per heavy atom. The van der Waals surface area contributed by atoms with Gasteiger partial charge in [-0.05, 0) is 38.8 Å². The maximum absolute atomic E-state index is 13.4. The van der Waals surface area contributed by atoms with Crippen molar-refractivity contribution >= 4 is 29.0 Å². The van der Waals surface area contributed by atoms with Crippen LogP contribution >= 0.6 is 11.3 Å². The molecule has 0 radical (unpaired) electrons. The number of likely N-dealkylation sites (tertiary alicyclic amines) is 1. The van der Waals surface area contributed by atoms with E-state index >= 15 is 0 Å². The third-order valence-electron chi connectivity index (χ3n) is 7.17. The summed E-state index contributed by atoms with van der Waals surface area (Å²) in [5.74, 6) is 1.42. The van der Waals surface area contributed by atoms with Crippen LogP contribution in [-0.2, 0) is 17.3 Å². The second-order valence-corrected chi connectivity index (χ2v) is 10.9. The number of aryl methyl sites for hydroxylation is 1. The molecule has 9 nitrogen and oxygen atoms in total. The standard InChI is InChI=1S/C24H29N7O2S/c1-24(2)21-17(22(32)31(24)11-10-30-13-15-4-5-16(14-30)33-15)12-19(34-21)18-6-8-25-23(27-18)28-20-7-9-26-29(20)3/h6-9,12,15-16H,4-5,10-11,13-14H2,1-3H3,(H,25,27,28). The minimum absolute atomic E-state index is 0.112. The van der Waals surface area contributed by atoms with Crippen LogP contribution in [0.3, 0.4) is 0 Å². The quantitative estimate of drug-likeness (QED) is 0.581. The highest BCUT2D eigenvalue weighted by Crippen LogP contribution is 2.46. The zero-order chi connectivity index (χ0) is 23.4. The predicted molar refractivity (Wildman–Crippen MR) is 130 cm³/mol. The summed E-state index contributed by atoms with van der Waals surface area (Å²) < 4.78 is 7.69. The number of hydrogen-bond acceptors (Lipinski definition) is 8. The fraction of sp³-hybridized carbons (Fsp3) is 0.500. The van der Waals surface area contributed by atoms with E-state index in [9.17, 15) is 4.79 Å². The lowest BCUT2D eigenvalue weighted by atomic mass is 10.0. The number of fused-ring (bicyclic) bond motifs is 3. The Hall–Kier alpha value is -2.82. The minimum atomic E-state index is -0.344. The van der Waals surface area contributed by atoms with Gasteiger partial charge in [0.1, 0.15) is 5.82 Å². The van der Waals surface area contributed by atoms with Crippen molar-refractivity contribution in [1.29, 1.82) is 0 Å². The summed E-state index contributed by atoms with van der Waals surface area (Å²) in [6.45, 7) is 7.88. The summed E-state index contributed by atoms with van der Waals surface area (Å²) in [7, 11) is 1.86. The van der Waals surface area contributed by atoms with Crippen molar-refractivity contribution in [2.45, 2.75) is 44.4 Å². The first kappa shape index (κ1) is 21.7. The summed E-state index contributed by atoms with van der Waals surface area (Å²) in [6, 6.07) is 5.75. The molecule has 2 bridgehead atoms. The Labute approximate surface area is 202 Å². The van der Waals surface area contributed by atoms with Gasteiger partial charge < -0.3 is 15.0 Å². The van der Waals surface area contributed by atoms with Crippen molar-refractivity contribution in [2.24, 2.45) is 7.05 Å². The number of thiophene rings is 1. The fourth-order valence-corrected chi connectivity index (χ4v) is 6.56. The van der Waals surface area contributed by atoms with E-state index < -0.39 is 0 Å². The number of carbonyl (C=O) groups is 1. The van der Waals surface area contributed by atoms with Gasteiger partial charge in [-0.15, -0.1) is 11.3 Å². The second kappa shape index (κ2) is 8.14. The zero-order valence-electron chi connectivity index (χ0n) is 19.7. The SMILES string of the molecule is Cn1nccc1Nc1nccc(-c2cc3c(s2)C(C)(C)N(CCN2CC4CCC(C2)O4)C3=O)n1. The van der Waals surface area contributed by atoms with E-state index in [4.69, 9.17) is 4.74 Å². The first-order valence-electron chi connectivity index (χ1n) is 11.8. The number of ether oxygens (including phenoxy) is 1. The van der Waals surface area contributed by atoms with Crippen LogP contribution in [0.15, 0.2) is 30.6 Å². The molecule has 10 heteroatoms. The molecule has 3 aromatic heterocycles. The molecule has 0 saturated carbocycles. The van der Waals surface area contributed by atoms with E-state index in [-0.39, 0.29) is 11.4 Å². The highest BCUT2D eigenvalue weighted by Gasteiger charge is 2.45. The third kappa shape index (κ3) is 3.70. The molecule has 2 unspecified atom stereocenters. The van der Waals surface area contributed by atoms with E-state index in [0.29, 0.717) is 18.2 Å². The number of nitrogens with zero attached hydrogens (tertiary/aromatic N) is 6. The van der Waals surface area contributed by atoms with E-state index in [1.165, 1.54) is 0 Å². The van der Waals surface area contributed by atoms with Crippen molar-refractivity contribution in [2.75, 3.05) is 31.5 Å². The summed E-state index contributed by atoms with van der Waals surface area (Å²) in [6.07, 6.45) is 6.53. The molecular formula is C24H29N7O2S. The molecule has 6 rings (SSSR count). The van der Waals surface area contributed by atoms with Gasteiger partial charge in [-0.3, -0.25) is 14.4 Å². The molecule has 1 N–H and O–H groups in total. The molecule has 2 atom stereocenters. The number of anilines is 2. The highest BCUT2D eigenvalue weighted by atomic mass is 32.1. The number of hydrogen-bond donors (Lipinski definition) is 1. The topological polar surface area (TPSA) is 88.4 Å². The monoisotopic (exact) mass is 479 g/mol. The van der Waals surface area contributed by atoms with Gasteiger partial charge in [0.2, 0.25) is 5.95 Å². The average molecular weight is 480 g/mol. The van der Waals surface area contributed by atoms with Crippen molar-refractivity contribution < 1.29 is 9.53 Å². The molecule has 2 fully saturated rings. The van der Waals surface area contributed by atoms with Crippen molar-refractivity contribution in [3.8, 4) is 10.6 Å². The Morgan fingerprint density at radius 3 is 2.68 bits per heavy atom. The second-order valence-electron chi connectivity index (χ2n) is 9.82. The van der Waals surface area contributed by atoms with Crippen molar-refractivity contribution in [1.82, 2.24) is 29.5 Å². The van der Waals surface area contributed by atoms with Gasteiger partial charge >= 0.3 is 0 Å². The molecule has 0 aromatic carbocycles. The van der Waals surface area contributed by atoms with Crippen LogP contribution in [0, 0.1) is 0 Å². The lowest BCUT2D eigenvalue weighted by molar-refractivity contribution is -0.0411. The number of rotatable bonds is 6. The first-order valence-corrected chi connectivity index (χ1v) is 12.6. The third-order valence-corrected chi connectivity index (χ3v) is 8.64. The van der Waals surface area contributed by atoms with Gasteiger partial charge in [0.25, 0.3) is 5.91 Å². The van der Waals surface area contributed by atoms with E-state index in [1.807, 2.05) is 30.1 Å². The largest absolute Gasteiger partial charge is 0.372 e. The average Bonchev–Trinajstić information content (AvgIpc) is 3.55. The van der Waals surface area contributed by atoms with Gasteiger partial charge in [0.05, 0.1) is 40.1 Å². The Morgan fingerprint density at radius 1 is 1.18 bits per heavy atom. The molecular weight excluding hydrogens is 450 g/mol. The van der Waals surface area contributed by atoms with Gasteiger partial charge in [-0.2, -0.15) is 5.10 Å². The van der Waals surface area contributed by atoms with Crippen LogP contribution in [0.5, 0.6) is 0 Å². The molecule has 1 amide bonds. The van der Waals surface area contributed by atoms with Crippen LogP contribution < -0.4 is 5.32 Å². The van der Waals surface area contributed by atoms with Crippen molar-refractivity contribution in [3.05, 3.63) is 41.0 Å². The zero-order valence-corrected chi connectivity index (χ0v) is 20.5. The van der Waals surface area contributed by atoms with E-state index in [1.54, 1.807) is 28.4 Å². The van der Waals surface area contributed by atoms with Crippen LogP contribution in [0.2, 0.25) is 0 Å².